The minimum absolute atomic E-state index is 0.111. The molecule has 3 aromatic rings. The van der Waals surface area contributed by atoms with Crippen LogP contribution in [0.1, 0.15) is 35.3 Å². The van der Waals surface area contributed by atoms with Crippen LogP contribution in [0.5, 0.6) is 17.2 Å². The maximum Gasteiger partial charge on any atom is 0.258 e. The maximum absolute atomic E-state index is 13.5. The number of para-hydroxylation sites is 1. The van der Waals surface area contributed by atoms with E-state index in [4.69, 9.17) is 14.2 Å². The number of hydrogen-bond donors (Lipinski definition) is 0. The topological polar surface area (TPSA) is 48.0 Å². The summed E-state index contributed by atoms with van der Waals surface area (Å²) in [5.74, 6) is 1.93. The van der Waals surface area contributed by atoms with E-state index in [2.05, 4.69) is 0 Å². The number of benzene rings is 3. The van der Waals surface area contributed by atoms with Gasteiger partial charge < -0.3 is 19.1 Å². The lowest BCUT2D eigenvalue weighted by atomic mass is 9.99. The summed E-state index contributed by atoms with van der Waals surface area (Å²) < 4.78 is 17.2. The third kappa shape index (κ3) is 4.33. The summed E-state index contributed by atoms with van der Waals surface area (Å²) in [6.45, 7) is 4.34. The Balaban J connectivity index is 1.74. The lowest BCUT2D eigenvalue weighted by molar-refractivity contribution is 0.0984. The molecule has 1 amide bonds. The SMILES string of the molecule is COc1ccc(C(=O)N(Cc2ccc3c(c2OC)OC(C)(C)C=C3)c2ccccc2)cc1. The summed E-state index contributed by atoms with van der Waals surface area (Å²) in [6.07, 6.45) is 4.07. The fourth-order valence-electron chi connectivity index (χ4n) is 3.74. The molecule has 1 aliphatic heterocycles. The fourth-order valence-corrected chi connectivity index (χ4v) is 3.74. The van der Waals surface area contributed by atoms with Gasteiger partial charge in [-0.2, -0.15) is 0 Å². The van der Waals surface area contributed by atoms with Crippen molar-refractivity contribution >= 4 is 17.7 Å². The van der Waals surface area contributed by atoms with Crippen LogP contribution >= 0.6 is 0 Å². The third-order valence-electron chi connectivity index (χ3n) is 5.44. The highest BCUT2D eigenvalue weighted by Crippen LogP contribution is 2.42. The van der Waals surface area contributed by atoms with Crippen molar-refractivity contribution in [2.75, 3.05) is 19.1 Å². The van der Waals surface area contributed by atoms with Gasteiger partial charge in [-0.25, -0.2) is 0 Å². The molecule has 0 aromatic heterocycles. The number of ether oxygens (including phenoxy) is 3. The van der Waals surface area contributed by atoms with Crippen LogP contribution in [0.2, 0.25) is 0 Å². The third-order valence-corrected chi connectivity index (χ3v) is 5.44. The second-order valence-corrected chi connectivity index (χ2v) is 8.17. The van der Waals surface area contributed by atoms with E-state index in [0.29, 0.717) is 29.4 Å². The van der Waals surface area contributed by atoms with Gasteiger partial charge in [0.05, 0.1) is 20.8 Å². The predicted octanol–water partition coefficient (Wildman–Crippen LogP) is 5.74. The summed E-state index contributed by atoms with van der Waals surface area (Å²) in [5.41, 5.74) is 2.76. The quantitative estimate of drug-likeness (QED) is 0.502. The molecule has 0 unspecified atom stereocenters. The van der Waals surface area contributed by atoms with Crippen molar-refractivity contribution < 1.29 is 19.0 Å². The minimum Gasteiger partial charge on any atom is -0.497 e. The highest BCUT2D eigenvalue weighted by atomic mass is 16.5. The van der Waals surface area contributed by atoms with E-state index in [1.807, 2.05) is 68.5 Å². The van der Waals surface area contributed by atoms with Crippen LogP contribution in [0.25, 0.3) is 6.08 Å². The fraction of sp³-hybridized carbons (Fsp3) is 0.222. The number of carbonyl (C=O) groups is 1. The molecule has 0 bridgehead atoms. The number of amides is 1. The minimum atomic E-state index is -0.434. The van der Waals surface area contributed by atoms with E-state index in [1.54, 1.807) is 43.4 Å². The van der Waals surface area contributed by atoms with Gasteiger partial charge in [0.25, 0.3) is 5.91 Å². The van der Waals surface area contributed by atoms with Crippen LogP contribution < -0.4 is 19.1 Å². The molecule has 0 aliphatic carbocycles. The molecule has 3 aromatic carbocycles. The van der Waals surface area contributed by atoms with E-state index in [-0.39, 0.29) is 5.91 Å². The van der Waals surface area contributed by atoms with Crippen LogP contribution in [0.15, 0.2) is 72.8 Å². The lowest BCUT2D eigenvalue weighted by Crippen LogP contribution is -2.31. The van der Waals surface area contributed by atoms with Gasteiger partial charge in [-0.15, -0.1) is 0 Å². The number of methoxy groups -OCH3 is 2. The van der Waals surface area contributed by atoms with Crippen molar-refractivity contribution in [3.05, 3.63) is 89.5 Å². The average Bonchev–Trinajstić information content (AvgIpc) is 2.81. The Morgan fingerprint density at radius 2 is 1.66 bits per heavy atom. The first-order valence-electron chi connectivity index (χ1n) is 10.5. The molecule has 5 heteroatoms. The van der Waals surface area contributed by atoms with Crippen molar-refractivity contribution in [3.63, 3.8) is 0 Å². The Morgan fingerprint density at radius 3 is 2.31 bits per heavy atom. The Kier molecular flexibility index (Phi) is 5.91. The summed E-state index contributed by atoms with van der Waals surface area (Å²) >= 11 is 0. The van der Waals surface area contributed by atoms with Crippen LogP contribution in [0, 0.1) is 0 Å². The second kappa shape index (κ2) is 8.79. The van der Waals surface area contributed by atoms with E-state index >= 15 is 0 Å². The van der Waals surface area contributed by atoms with Gasteiger partial charge in [-0.05, 0) is 56.3 Å². The van der Waals surface area contributed by atoms with Gasteiger partial charge in [-0.1, -0.05) is 36.4 Å². The largest absolute Gasteiger partial charge is 0.497 e. The summed E-state index contributed by atoms with van der Waals surface area (Å²) in [6, 6.07) is 20.7. The number of anilines is 1. The molecule has 0 radical (unpaired) electrons. The molecule has 5 nitrogen and oxygen atoms in total. The van der Waals surface area contributed by atoms with Crippen LogP contribution in [-0.4, -0.2) is 25.7 Å². The maximum atomic E-state index is 13.5. The van der Waals surface area contributed by atoms with E-state index in [9.17, 15) is 4.79 Å². The van der Waals surface area contributed by atoms with Crippen LogP contribution in [-0.2, 0) is 6.54 Å². The van der Waals surface area contributed by atoms with Gasteiger partial charge >= 0.3 is 0 Å². The first kappa shape index (κ1) is 21.5. The molecule has 1 aliphatic rings. The normalized spacial score (nSPS) is 13.6. The molecule has 0 atom stereocenters. The molecule has 0 fully saturated rings. The van der Waals surface area contributed by atoms with Crippen molar-refractivity contribution in [2.45, 2.75) is 26.0 Å². The van der Waals surface area contributed by atoms with Crippen molar-refractivity contribution in [3.8, 4) is 17.2 Å². The van der Waals surface area contributed by atoms with Gasteiger partial charge in [0.15, 0.2) is 11.5 Å². The van der Waals surface area contributed by atoms with Crippen molar-refractivity contribution in [2.24, 2.45) is 0 Å². The molecule has 4 rings (SSSR count). The summed E-state index contributed by atoms with van der Waals surface area (Å²) in [5, 5.41) is 0. The van der Waals surface area contributed by atoms with E-state index in [0.717, 1.165) is 16.8 Å². The number of hydrogen-bond acceptors (Lipinski definition) is 4. The Labute approximate surface area is 188 Å². The monoisotopic (exact) mass is 429 g/mol. The molecular formula is C27H27NO4. The van der Waals surface area contributed by atoms with Crippen molar-refractivity contribution in [1.29, 1.82) is 0 Å². The lowest BCUT2D eigenvalue weighted by Gasteiger charge is -2.30. The van der Waals surface area contributed by atoms with Gasteiger partial charge in [0.2, 0.25) is 0 Å². The highest BCUT2D eigenvalue weighted by molar-refractivity contribution is 6.06. The zero-order valence-electron chi connectivity index (χ0n) is 18.8. The molecular weight excluding hydrogens is 402 g/mol. The van der Waals surface area contributed by atoms with E-state index < -0.39 is 5.60 Å². The van der Waals surface area contributed by atoms with Gasteiger partial charge in [0, 0.05) is 22.4 Å². The molecule has 0 saturated heterocycles. The number of fused-ring (bicyclic) bond motifs is 1. The Bertz CT molecular complexity index is 1130. The van der Waals surface area contributed by atoms with Gasteiger partial charge in [-0.3, -0.25) is 4.79 Å². The molecule has 0 spiro atoms. The zero-order valence-corrected chi connectivity index (χ0v) is 18.8. The van der Waals surface area contributed by atoms with E-state index in [1.165, 1.54) is 0 Å². The number of carbonyl (C=O) groups excluding carboxylic acids is 1. The molecule has 1 heterocycles. The number of nitrogens with zero attached hydrogens (tertiary/aromatic N) is 1. The first-order chi connectivity index (χ1) is 15.4. The molecule has 32 heavy (non-hydrogen) atoms. The van der Waals surface area contributed by atoms with Crippen LogP contribution in [0.3, 0.4) is 0 Å². The van der Waals surface area contributed by atoms with Crippen LogP contribution in [0.4, 0.5) is 5.69 Å². The summed E-state index contributed by atoms with van der Waals surface area (Å²) in [4.78, 5) is 15.3. The standard InChI is InChI=1S/C27H27NO4/c1-27(2)17-16-19-10-11-21(24(31-4)25(19)32-27)18-28(22-8-6-5-7-9-22)26(29)20-12-14-23(30-3)15-13-20/h5-17H,18H2,1-4H3. The average molecular weight is 430 g/mol. The van der Waals surface area contributed by atoms with Crippen molar-refractivity contribution in [1.82, 2.24) is 0 Å². The first-order valence-corrected chi connectivity index (χ1v) is 10.5. The Morgan fingerprint density at radius 1 is 0.938 bits per heavy atom. The molecule has 164 valence electrons. The summed E-state index contributed by atoms with van der Waals surface area (Å²) in [7, 11) is 3.24. The molecule has 0 saturated carbocycles. The van der Waals surface area contributed by atoms with Gasteiger partial charge in [0.1, 0.15) is 11.4 Å². The second-order valence-electron chi connectivity index (χ2n) is 8.17. The smallest absolute Gasteiger partial charge is 0.258 e. The highest BCUT2D eigenvalue weighted by Gasteiger charge is 2.27. The predicted molar refractivity (Wildman–Crippen MR) is 127 cm³/mol. The zero-order chi connectivity index (χ0) is 22.7. The number of rotatable bonds is 6. The Hall–Kier alpha value is -3.73. The molecule has 0 N–H and O–H groups in total.